The van der Waals surface area contributed by atoms with Gasteiger partial charge in [-0.05, 0) is 51.5 Å². The number of hydrogen-bond donors (Lipinski definition) is 1. The first kappa shape index (κ1) is 18.7. The number of nitrogens with zero attached hydrogens (tertiary/aromatic N) is 4. The van der Waals surface area contributed by atoms with E-state index in [9.17, 15) is 4.79 Å². The van der Waals surface area contributed by atoms with Gasteiger partial charge in [0.1, 0.15) is 12.3 Å². The van der Waals surface area contributed by atoms with E-state index >= 15 is 0 Å². The first-order chi connectivity index (χ1) is 12.9. The summed E-state index contributed by atoms with van der Waals surface area (Å²) in [5, 5.41) is 11.9. The summed E-state index contributed by atoms with van der Waals surface area (Å²) >= 11 is 0. The maximum atomic E-state index is 12.5. The van der Waals surface area contributed by atoms with Crippen molar-refractivity contribution in [2.24, 2.45) is 0 Å². The molecule has 27 heavy (non-hydrogen) atoms. The van der Waals surface area contributed by atoms with Crippen LogP contribution in [-0.4, -0.2) is 32.6 Å². The SMILES string of the molecule is COc1cccc(Cn2nc(C)c(NC(=O)Cn3nc(C)cc3C)c2C)c1. The van der Waals surface area contributed by atoms with Crippen LogP contribution in [-0.2, 0) is 17.9 Å². The van der Waals surface area contributed by atoms with Crippen molar-refractivity contribution in [1.82, 2.24) is 19.6 Å². The van der Waals surface area contributed by atoms with Gasteiger partial charge in [0.2, 0.25) is 5.91 Å². The fourth-order valence-electron chi connectivity index (χ4n) is 3.13. The van der Waals surface area contributed by atoms with Gasteiger partial charge in [0.05, 0.1) is 36.4 Å². The molecule has 2 heterocycles. The second kappa shape index (κ2) is 7.65. The number of amides is 1. The smallest absolute Gasteiger partial charge is 0.246 e. The lowest BCUT2D eigenvalue weighted by molar-refractivity contribution is -0.116. The van der Waals surface area contributed by atoms with Crippen molar-refractivity contribution in [1.29, 1.82) is 0 Å². The molecule has 1 N–H and O–H groups in total. The van der Waals surface area contributed by atoms with E-state index in [1.807, 2.05) is 62.7 Å². The molecule has 7 nitrogen and oxygen atoms in total. The highest BCUT2D eigenvalue weighted by Gasteiger charge is 2.15. The third-order valence-electron chi connectivity index (χ3n) is 4.51. The Balaban J connectivity index is 1.75. The van der Waals surface area contributed by atoms with E-state index in [0.29, 0.717) is 6.54 Å². The summed E-state index contributed by atoms with van der Waals surface area (Å²) in [5.74, 6) is 0.695. The molecular weight excluding hydrogens is 342 g/mol. The minimum Gasteiger partial charge on any atom is -0.497 e. The molecule has 0 aliphatic carbocycles. The Morgan fingerprint density at radius 2 is 1.89 bits per heavy atom. The van der Waals surface area contributed by atoms with Gasteiger partial charge in [-0.1, -0.05) is 12.1 Å². The molecule has 0 atom stereocenters. The normalized spacial score (nSPS) is 10.9. The third kappa shape index (κ3) is 4.19. The number of rotatable bonds is 6. The molecule has 1 amide bonds. The largest absolute Gasteiger partial charge is 0.497 e. The van der Waals surface area contributed by atoms with Gasteiger partial charge in [0.15, 0.2) is 0 Å². The van der Waals surface area contributed by atoms with Crippen LogP contribution in [0.4, 0.5) is 5.69 Å². The summed E-state index contributed by atoms with van der Waals surface area (Å²) in [4.78, 5) is 12.5. The van der Waals surface area contributed by atoms with Crippen molar-refractivity contribution in [3.63, 3.8) is 0 Å². The third-order valence-corrected chi connectivity index (χ3v) is 4.51. The Kier molecular flexibility index (Phi) is 5.30. The van der Waals surface area contributed by atoms with Crippen LogP contribution < -0.4 is 10.1 Å². The molecule has 7 heteroatoms. The molecular formula is C20H25N5O2. The maximum Gasteiger partial charge on any atom is 0.246 e. The predicted octanol–water partition coefficient (Wildman–Crippen LogP) is 3.01. The van der Waals surface area contributed by atoms with E-state index in [-0.39, 0.29) is 12.5 Å². The monoisotopic (exact) mass is 367 g/mol. The molecule has 0 fully saturated rings. The van der Waals surface area contributed by atoms with E-state index in [4.69, 9.17) is 4.74 Å². The van der Waals surface area contributed by atoms with Crippen LogP contribution >= 0.6 is 0 Å². The van der Waals surface area contributed by atoms with Gasteiger partial charge in [0.25, 0.3) is 0 Å². The zero-order chi connectivity index (χ0) is 19.6. The van der Waals surface area contributed by atoms with Crippen molar-refractivity contribution >= 4 is 11.6 Å². The molecule has 0 saturated carbocycles. The van der Waals surface area contributed by atoms with Gasteiger partial charge >= 0.3 is 0 Å². The standard InChI is InChI=1S/C20H25N5O2/c1-13-9-14(2)24(22-13)12-19(26)21-20-15(3)23-25(16(20)4)11-17-7-6-8-18(10-17)27-5/h6-10H,11-12H2,1-5H3,(H,21,26). The molecule has 0 aliphatic rings. The zero-order valence-electron chi connectivity index (χ0n) is 16.4. The summed E-state index contributed by atoms with van der Waals surface area (Å²) in [7, 11) is 1.65. The number of hydrogen-bond acceptors (Lipinski definition) is 4. The van der Waals surface area contributed by atoms with Crippen molar-refractivity contribution in [2.45, 2.75) is 40.8 Å². The average Bonchev–Trinajstić information content (AvgIpc) is 3.07. The van der Waals surface area contributed by atoms with E-state index < -0.39 is 0 Å². The molecule has 0 aliphatic heterocycles. The summed E-state index contributed by atoms with van der Waals surface area (Å²) in [6, 6.07) is 9.83. The Labute approximate surface area is 159 Å². The second-order valence-corrected chi connectivity index (χ2v) is 6.69. The molecule has 0 bridgehead atoms. The maximum absolute atomic E-state index is 12.5. The van der Waals surface area contributed by atoms with Crippen LogP contribution in [0.15, 0.2) is 30.3 Å². The number of methoxy groups -OCH3 is 1. The number of anilines is 1. The highest BCUT2D eigenvalue weighted by atomic mass is 16.5. The fraction of sp³-hybridized carbons (Fsp3) is 0.350. The van der Waals surface area contributed by atoms with E-state index in [0.717, 1.165) is 39.8 Å². The van der Waals surface area contributed by atoms with E-state index in [1.165, 1.54) is 0 Å². The van der Waals surface area contributed by atoms with Crippen LogP contribution in [0.25, 0.3) is 0 Å². The number of aryl methyl sites for hydroxylation is 3. The molecule has 0 spiro atoms. The topological polar surface area (TPSA) is 74.0 Å². The summed E-state index contributed by atoms with van der Waals surface area (Å²) in [6.07, 6.45) is 0. The van der Waals surface area contributed by atoms with Gasteiger partial charge in [-0.3, -0.25) is 14.2 Å². The molecule has 0 unspecified atom stereocenters. The minimum absolute atomic E-state index is 0.117. The Hall–Kier alpha value is -3.09. The van der Waals surface area contributed by atoms with Crippen LogP contribution in [0.3, 0.4) is 0 Å². The van der Waals surface area contributed by atoms with E-state index in [2.05, 4.69) is 15.5 Å². The van der Waals surface area contributed by atoms with Crippen molar-refractivity contribution in [3.05, 3.63) is 58.7 Å². The van der Waals surface area contributed by atoms with Crippen LogP contribution in [0.2, 0.25) is 0 Å². The highest BCUT2D eigenvalue weighted by Crippen LogP contribution is 2.21. The molecule has 2 aromatic heterocycles. The fourth-order valence-corrected chi connectivity index (χ4v) is 3.13. The van der Waals surface area contributed by atoms with Crippen LogP contribution in [0.1, 0.15) is 28.3 Å². The highest BCUT2D eigenvalue weighted by molar-refractivity contribution is 5.91. The Morgan fingerprint density at radius 3 is 2.56 bits per heavy atom. The zero-order valence-corrected chi connectivity index (χ0v) is 16.4. The molecule has 142 valence electrons. The number of benzene rings is 1. The number of ether oxygens (including phenoxy) is 1. The summed E-state index contributed by atoms with van der Waals surface area (Å²) in [6.45, 7) is 8.50. The average molecular weight is 367 g/mol. The lowest BCUT2D eigenvalue weighted by Crippen LogP contribution is -2.21. The van der Waals surface area contributed by atoms with Gasteiger partial charge in [0, 0.05) is 5.69 Å². The number of carbonyl (C=O) groups excluding carboxylic acids is 1. The van der Waals surface area contributed by atoms with Crippen molar-refractivity contribution in [2.75, 3.05) is 12.4 Å². The van der Waals surface area contributed by atoms with Gasteiger partial charge in [-0.2, -0.15) is 10.2 Å². The quantitative estimate of drug-likeness (QED) is 0.727. The Bertz CT molecular complexity index is 971. The number of aromatic nitrogens is 4. The van der Waals surface area contributed by atoms with Crippen LogP contribution in [0.5, 0.6) is 5.75 Å². The van der Waals surface area contributed by atoms with Gasteiger partial charge in [-0.25, -0.2) is 0 Å². The van der Waals surface area contributed by atoms with Crippen LogP contribution in [0, 0.1) is 27.7 Å². The molecule has 1 aromatic carbocycles. The van der Waals surface area contributed by atoms with E-state index in [1.54, 1.807) is 11.8 Å². The predicted molar refractivity (Wildman–Crippen MR) is 104 cm³/mol. The minimum atomic E-state index is -0.117. The molecule has 3 rings (SSSR count). The molecule has 0 radical (unpaired) electrons. The number of nitrogens with one attached hydrogen (secondary N) is 1. The number of carbonyl (C=O) groups is 1. The molecule has 0 saturated heterocycles. The van der Waals surface area contributed by atoms with Crippen molar-refractivity contribution in [3.8, 4) is 5.75 Å². The van der Waals surface area contributed by atoms with Crippen molar-refractivity contribution < 1.29 is 9.53 Å². The Morgan fingerprint density at radius 1 is 1.11 bits per heavy atom. The lowest BCUT2D eigenvalue weighted by atomic mass is 10.2. The summed E-state index contributed by atoms with van der Waals surface area (Å²) in [5.41, 5.74) is 5.41. The summed E-state index contributed by atoms with van der Waals surface area (Å²) < 4.78 is 8.87. The second-order valence-electron chi connectivity index (χ2n) is 6.69. The lowest BCUT2D eigenvalue weighted by Gasteiger charge is -2.09. The molecule has 3 aromatic rings. The first-order valence-corrected chi connectivity index (χ1v) is 8.85. The van der Waals surface area contributed by atoms with Gasteiger partial charge in [-0.15, -0.1) is 0 Å². The van der Waals surface area contributed by atoms with Gasteiger partial charge < -0.3 is 10.1 Å². The first-order valence-electron chi connectivity index (χ1n) is 8.85.